The van der Waals surface area contributed by atoms with Crippen LogP contribution in [0.5, 0.6) is 0 Å². The third-order valence-electron chi connectivity index (χ3n) is 1.60. The fraction of sp³-hybridized carbons (Fsp3) is 0.833. The van der Waals surface area contributed by atoms with Crippen molar-refractivity contribution in [2.75, 3.05) is 0 Å². The van der Waals surface area contributed by atoms with Gasteiger partial charge in [-0.2, -0.15) is 0 Å². The van der Waals surface area contributed by atoms with Gasteiger partial charge < -0.3 is 5.73 Å². The van der Waals surface area contributed by atoms with E-state index < -0.39 is 0 Å². The summed E-state index contributed by atoms with van der Waals surface area (Å²) in [7, 11) is 0. The second-order valence-corrected chi connectivity index (χ2v) is 3.73. The first-order valence-corrected chi connectivity index (χ1v) is 4.17. The van der Waals surface area contributed by atoms with E-state index in [9.17, 15) is 0 Å². The molecule has 0 aromatic heterocycles. The van der Waals surface area contributed by atoms with E-state index in [4.69, 9.17) is 11.1 Å². The molecule has 0 amide bonds. The Morgan fingerprint density at radius 2 is 1.90 bits per heavy atom. The van der Waals surface area contributed by atoms with Crippen LogP contribution in [0.2, 0.25) is 0 Å². The Labute approximate surface area is 71.9 Å². The number of hydrogen-bond donors (Lipinski definition) is 2. The van der Waals surface area contributed by atoms with Gasteiger partial charge in [0.15, 0.2) is 5.17 Å². The summed E-state index contributed by atoms with van der Waals surface area (Å²) in [5, 5.41) is 7.93. The zero-order chi connectivity index (χ0) is 6.69. The molecule has 0 radical (unpaired) electrons. The van der Waals surface area contributed by atoms with Crippen LogP contribution in [0.15, 0.2) is 0 Å². The summed E-state index contributed by atoms with van der Waals surface area (Å²) in [6.07, 6.45) is 5.16. The Morgan fingerprint density at radius 1 is 1.40 bits per heavy atom. The maximum Gasteiger partial charge on any atom is 0.151 e. The number of thioether (sulfide) groups is 1. The van der Waals surface area contributed by atoms with Gasteiger partial charge in [-0.15, -0.1) is 12.4 Å². The Balaban J connectivity index is 0.000000810. The van der Waals surface area contributed by atoms with Crippen molar-refractivity contribution in [1.82, 2.24) is 0 Å². The van der Waals surface area contributed by atoms with E-state index in [1.54, 1.807) is 0 Å². The van der Waals surface area contributed by atoms with E-state index in [0.717, 1.165) is 0 Å². The van der Waals surface area contributed by atoms with Crippen LogP contribution in [0.1, 0.15) is 25.7 Å². The zero-order valence-corrected chi connectivity index (χ0v) is 7.43. The molecule has 1 aliphatic carbocycles. The molecule has 0 saturated heterocycles. The van der Waals surface area contributed by atoms with E-state index in [1.807, 2.05) is 0 Å². The fourth-order valence-electron chi connectivity index (χ4n) is 1.19. The monoisotopic (exact) mass is 180 g/mol. The quantitative estimate of drug-likeness (QED) is 0.479. The fourth-order valence-corrected chi connectivity index (χ4v) is 2.11. The first kappa shape index (κ1) is 10.1. The van der Waals surface area contributed by atoms with Crippen molar-refractivity contribution >= 4 is 29.3 Å². The summed E-state index contributed by atoms with van der Waals surface area (Å²) in [4.78, 5) is 0. The van der Waals surface area contributed by atoms with Crippen LogP contribution in [0.3, 0.4) is 0 Å². The molecule has 1 rings (SSSR count). The number of hydrogen-bond acceptors (Lipinski definition) is 2. The number of nitrogens with one attached hydrogen (secondary N) is 1. The average molecular weight is 181 g/mol. The summed E-state index contributed by atoms with van der Waals surface area (Å²) in [5.41, 5.74) is 5.22. The van der Waals surface area contributed by atoms with Crippen LogP contribution in [0, 0.1) is 5.41 Å². The summed E-state index contributed by atoms with van der Waals surface area (Å²) in [6.45, 7) is 0. The smallest absolute Gasteiger partial charge is 0.151 e. The molecule has 1 fully saturated rings. The van der Waals surface area contributed by atoms with Crippen molar-refractivity contribution in [3.63, 3.8) is 0 Å². The molecule has 0 atom stereocenters. The maximum absolute atomic E-state index is 7.00. The molecule has 0 heterocycles. The Hall–Kier alpha value is 0.110. The maximum atomic E-state index is 7.00. The molecule has 0 unspecified atom stereocenters. The first-order valence-electron chi connectivity index (χ1n) is 3.29. The summed E-state index contributed by atoms with van der Waals surface area (Å²) in [6, 6.07) is 0. The van der Waals surface area contributed by atoms with Crippen LogP contribution in [-0.4, -0.2) is 10.4 Å². The standard InChI is InChI=1S/C6H12N2S.ClH/c7-6(8)9-5-3-1-2-4-5;/h5H,1-4H2,(H3,7,8);1H. The Bertz CT molecular complexity index is 112. The minimum atomic E-state index is 0. The molecule has 2 nitrogen and oxygen atoms in total. The number of halogens is 1. The minimum Gasteiger partial charge on any atom is -0.379 e. The molecule has 0 aromatic rings. The van der Waals surface area contributed by atoms with Crippen molar-refractivity contribution in [2.24, 2.45) is 5.73 Å². The van der Waals surface area contributed by atoms with Crippen molar-refractivity contribution in [2.45, 2.75) is 30.9 Å². The molecule has 3 N–H and O–H groups in total. The minimum absolute atomic E-state index is 0. The summed E-state index contributed by atoms with van der Waals surface area (Å²) in [5.74, 6) is 0. The van der Waals surface area contributed by atoms with E-state index in [-0.39, 0.29) is 17.6 Å². The van der Waals surface area contributed by atoms with E-state index in [1.165, 1.54) is 37.4 Å². The molecule has 1 saturated carbocycles. The van der Waals surface area contributed by atoms with Gasteiger partial charge in [0.25, 0.3) is 0 Å². The van der Waals surface area contributed by atoms with Crippen LogP contribution in [-0.2, 0) is 0 Å². The van der Waals surface area contributed by atoms with Crippen LogP contribution >= 0.6 is 24.2 Å². The lowest BCUT2D eigenvalue weighted by Crippen LogP contribution is -2.09. The highest BCUT2D eigenvalue weighted by Crippen LogP contribution is 2.28. The first-order chi connectivity index (χ1) is 4.29. The zero-order valence-electron chi connectivity index (χ0n) is 5.80. The third kappa shape index (κ3) is 3.32. The molecule has 4 heteroatoms. The van der Waals surface area contributed by atoms with Gasteiger partial charge in [-0.05, 0) is 12.8 Å². The van der Waals surface area contributed by atoms with Crippen molar-refractivity contribution in [3.8, 4) is 0 Å². The lowest BCUT2D eigenvalue weighted by molar-refractivity contribution is 0.886. The second kappa shape index (κ2) is 4.85. The van der Waals surface area contributed by atoms with Gasteiger partial charge in [0.1, 0.15) is 0 Å². The van der Waals surface area contributed by atoms with E-state index >= 15 is 0 Å². The molecule has 0 spiro atoms. The predicted molar refractivity (Wildman–Crippen MR) is 49.0 cm³/mol. The number of nitrogens with two attached hydrogens (primary N) is 1. The lowest BCUT2D eigenvalue weighted by atomic mass is 10.4. The summed E-state index contributed by atoms with van der Waals surface area (Å²) >= 11 is 1.52. The van der Waals surface area contributed by atoms with Crippen LogP contribution in [0.4, 0.5) is 0 Å². The molecular formula is C6H13ClN2S. The van der Waals surface area contributed by atoms with Gasteiger partial charge in [-0.1, -0.05) is 24.6 Å². The average Bonchev–Trinajstić information content (AvgIpc) is 2.15. The van der Waals surface area contributed by atoms with Crippen molar-refractivity contribution in [1.29, 1.82) is 5.41 Å². The van der Waals surface area contributed by atoms with Gasteiger partial charge >= 0.3 is 0 Å². The number of amidine groups is 1. The Morgan fingerprint density at radius 3 is 2.30 bits per heavy atom. The molecule has 60 valence electrons. The Kier molecular flexibility index (Phi) is 4.91. The predicted octanol–water partition coefficient (Wildman–Crippen LogP) is 1.98. The molecule has 0 aliphatic heterocycles. The highest BCUT2D eigenvalue weighted by Gasteiger charge is 2.15. The van der Waals surface area contributed by atoms with Gasteiger partial charge in [0, 0.05) is 5.25 Å². The van der Waals surface area contributed by atoms with Gasteiger partial charge in [0.2, 0.25) is 0 Å². The van der Waals surface area contributed by atoms with Gasteiger partial charge in [-0.3, -0.25) is 5.41 Å². The second-order valence-electron chi connectivity index (χ2n) is 2.39. The number of rotatable bonds is 1. The highest BCUT2D eigenvalue weighted by molar-refractivity contribution is 8.14. The lowest BCUT2D eigenvalue weighted by Gasteiger charge is -2.04. The van der Waals surface area contributed by atoms with E-state index in [0.29, 0.717) is 5.25 Å². The normalized spacial score (nSPS) is 18.4. The van der Waals surface area contributed by atoms with Gasteiger partial charge in [0.05, 0.1) is 0 Å². The molecule has 0 bridgehead atoms. The SMILES string of the molecule is Cl.N=C(N)SC1CCCC1. The molecule has 1 aliphatic rings. The third-order valence-corrected chi connectivity index (χ3v) is 2.65. The summed E-state index contributed by atoms with van der Waals surface area (Å²) < 4.78 is 0. The van der Waals surface area contributed by atoms with E-state index in [2.05, 4.69) is 0 Å². The highest BCUT2D eigenvalue weighted by atomic mass is 35.5. The molecule has 0 aromatic carbocycles. The van der Waals surface area contributed by atoms with Crippen LogP contribution < -0.4 is 5.73 Å². The topological polar surface area (TPSA) is 49.9 Å². The van der Waals surface area contributed by atoms with Crippen molar-refractivity contribution < 1.29 is 0 Å². The van der Waals surface area contributed by atoms with Gasteiger partial charge in [-0.25, -0.2) is 0 Å². The largest absolute Gasteiger partial charge is 0.379 e. The molecule has 10 heavy (non-hydrogen) atoms. The van der Waals surface area contributed by atoms with Crippen LogP contribution in [0.25, 0.3) is 0 Å². The molecular weight excluding hydrogens is 168 g/mol. The van der Waals surface area contributed by atoms with Crippen molar-refractivity contribution in [3.05, 3.63) is 0 Å².